The molecule has 2 atom stereocenters. The van der Waals surface area contributed by atoms with Crippen LogP contribution in [0, 0.1) is 12.8 Å². The van der Waals surface area contributed by atoms with Crippen LogP contribution in [0.2, 0.25) is 5.02 Å². The first-order valence-corrected chi connectivity index (χ1v) is 7.32. The van der Waals surface area contributed by atoms with E-state index < -0.39 is 0 Å². The molecular weight excluding hydrogens is 238 g/mol. The van der Waals surface area contributed by atoms with Gasteiger partial charge in [-0.15, -0.1) is 11.3 Å². The number of nitrogens with one attached hydrogen (secondary N) is 1. The van der Waals surface area contributed by atoms with Crippen molar-refractivity contribution in [3.63, 3.8) is 0 Å². The van der Waals surface area contributed by atoms with Crippen LogP contribution in [-0.4, -0.2) is 6.54 Å². The summed E-state index contributed by atoms with van der Waals surface area (Å²) < 4.78 is 0. The zero-order valence-electron chi connectivity index (χ0n) is 10.6. The normalized spacial score (nSPS) is 15.1. The fourth-order valence-electron chi connectivity index (χ4n) is 1.78. The highest BCUT2D eigenvalue weighted by molar-refractivity contribution is 7.10. The molecule has 92 valence electrons. The van der Waals surface area contributed by atoms with E-state index in [9.17, 15) is 0 Å². The third-order valence-corrected chi connectivity index (χ3v) is 4.85. The molecular formula is C13H22ClNS. The first kappa shape index (κ1) is 14.0. The molecule has 0 spiro atoms. The Morgan fingerprint density at radius 1 is 1.44 bits per heavy atom. The van der Waals surface area contributed by atoms with E-state index in [1.165, 1.54) is 23.3 Å². The maximum absolute atomic E-state index is 6.34. The Bertz CT molecular complexity index is 322. The van der Waals surface area contributed by atoms with Crippen molar-refractivity contribution in [2.75, 3.05) is 6.54 Å². The lowest BCUT2D eigenvalue weighted by Gasteiger charge is -2.20. The third-order valence-electron chi connectivity index (χ3n) is 3.03. The van der Waals surface area contributed by atoms with Crippen LogP contribution in [0.3, 0.4) is 0 Å². The van der Waals surface area contributed by atoms with Crippen molar-refractivity contribution >= 4 is 22.9 Å². The van der Waals surface area contributed by atoms with E-state index >= 15 is 0 Å². The average Bonchev–Trinajstić information content (AvgIpc) is 2.59. The molecule has 1 heterocycles. The van der Waals surface area contributed by atoms with Crippen molar-refractivity contribution in [3.8, 4) is 0 Å². The molecule has 1 rings (SSSR count). The van der Waals surface area contributed by atoms with Gasteiger partial charge >= 0.3 is 0 Å². The molecule has 16 heavy (non-hydrogen) atoms. The molecule has 0 aliphatic rings. The molecule has 1 aromatic rings. The van der Waals surface area contributed by atoms with E-state index in [0.29, 0.717) is 6.04 Å². The Kier molecular flexibility index (Phi) is 5.81. The van der Waals surface area contributed by atoms with Crippen LogP contribution in [0.15, 0.2) is 5.38 Å². The number of thiophene rings is 1. The zero-order valence-corrected chi connectivity index (χ0v) is 12.2. The zero-order chi connectivity index (χ0) is 12.1. The van der Waals surface area contributed by atoms with Gasteiger partial charge < -0.3 is 5.32 Å². The molecule has 0 saturated heterocycles. The van der Waals surface area contributed by atoms with Crippen molar-refractivity contribution in [3.05, 3.63) is 20.8 Å². The molecule has 3 heteroatoms. The van der Waals surface area contributed by atoms with Crippen LogP contribution < -0.4 is 5.32 Å². The van der Waals surface area contributed by atoms with Crippen molar-refractivity contribution in [1.29, 1.82) is 0 Å². The molecule has 0 aliphatic heterocycles. The van der Waals surface area contributed by atoms with Crippen molar-refractivity contribution < 1.29 is 0 Å². The monoisotopic (exact) mass is 259 g/mol. The predicted molar refractivity (Wildman–Crippen MR) is 74.6 cm³/mol. The van der Waals surface area contributed by atoms with E-state index in [4.69, 9.17) is 11.6 Å². The SMILES string of the molecule is CCNC(CC(C)CC)c1scc(C)c1Cl. The second-order valence-corrected chi connectivity index (χ2v) is 5.75. The Hall–Kier alpha value is -0.0500. The minimum atomic E-state index is 0.422. The predicted octanol–water partition coefficient (Wildman–Crippen LogP) is 4.80. The first-order valence-electron chi connectivity index (χ1n) is 6.06. The number of aryl methyl sites for hydroxylation is 1. The van der Waals surface area contributed by atoms with Crippen LogP contribution in [0.25, 0.3) is 0 Å². The highest BCUT2D eigenvalue weighted by Crippen LogP contribution is 2.35. The third kappa shape index (κ3) is 3.47. The molecule has 0 amide bonds. The fourth-order valence-corrected chi connectivity index (χ4v) is 3.20. The number of hydrogen-bond acceptors (Lipinski definition) is 2. The summed E-state index contributed by atoms with van der Waals surface area (Å²) in [7, 11) is 0. The van der Waals surface area contributed by atoms with Gasteiger partial charge in [0.05, 0.1) is 5.02 Å². The van der Waals surface area contributed by atoms with Gasteiger partial charge in [-0.05, 0) is 36.8 Å². The number of halogens is 1. The summed E-state index contributed by atoms with van der Waals surface area (Å²) in [4.78, 5) is 1.31. The number of rotatable bonds is 6. The second-order valence-electron chi connectivity index (χ2n) is 4.46. The lowest BCUT2D eigenvalue weighted by atomic mass is 9.98. The van der Waals surface area contributed by atoms with Gasteiger partial charge in [-0.3, -0.25) is 0 Å². The lowest BCUT2D eigenvalue weighted by Crippen LogP contribution is -2.22. The standard InChI is InChI=1S/C13H22ClNS/c1-5-9(3)7-11(15-6-2)13-12(14)10(4)8-16-13/h8-9,11,15H,5-7H2,1-4H3. The van der Waals surface area contributed by atoms with Crippen LogP contribution >= 0.6 is 22.9 Å². The van der Waals surface area contributed by atoms with Gasteiger partial charge in [-0.1, -0.05) is 38.8 Å². The molecule has 1 N–H and O–H groups in total. The van der Waals surface area contributed by atoms with Crippen LogP contribution in [-0.2, 0) is 0 Å². The molecule has 1 nitrogen and oxygen atoms in total. The lowest BCUT2D eigenvalue weighted by molar-refractivity contribution is 0.412. The molecule has 0 aliphatic carbocycles. The molecule has 0 bridgehead atoms. The quantitative estimate of drug-likeness (QED) is 0.774. The molecule has 0 fully saturated rings. The van der Waals surface area contributed by atoms with Crippen LogP contribution in [0.1, 0.15) is 50.1 Å². The summed E-state index contributed by atoms with van der Waals surface area (Å²) >= 11 is 8.12. The van der Waals surface area contributed by atoms with Gasteiger partial charge in [0.1, 0.15) is 0 Å². The topological polar surface area (TPSA) is 12.0 Å². The van der Waals surface area contributed by atoms with Gasteiger partial charge in [0.25, 0.3) is 0 Å². The van der Waals surface area contributed by atoms with Gasteiger partial charge in [0, 0.05) is 10.9 Å². The summed E-state index contributed by atoms with van der Waals surface area (Å²) in [5.74, 6) is 0.738. The van der Waals surface area contributed by atoms with Crippen molar-refractivity contribution in [1.82, 2.24) is 5.32 Å². The smallest absolute Gasteiger partial charge is 0.0590 e. The second kappa shape index (κ2) is 6.63. The van der Waals surface area contributed by atoms with E-state index in [1.807, 2.05) is 0 Å². The highest BCUT2D eigenvalue weighted by Gasteiger charge is 2.18. The minimum Gasteiger partial charge on any atom is -0.309 e. The van der Waals surface area contributed by atoms with E-state index in [2.05, 4.69) is 38.4 Å². The van der Waals surface area contributed by atoms with Crippen LogP contribution in [0.4, 0.5) is 0 Å². The fraction of sp³-hybridized carbons (Fsp3) is 0.692. The summed E-state index contributed by atoms with van der Waals surface area (Å²) in [6.45, 7) is 9.77. The average molecular weight is 260 g/mol. The Morgan fingerprint density at radius 3 is 2.56 bits per heavy atom. The summed E-state index contributed by atoms with van der Waals surface area (Å²) in [6, 6.07) is 0.422. The van der Waals surface area contributed by atoms with Crippen molar-refractivity contribution in [2.45, 2.75) is 46.6 Å². The van der Waals surface area contributed by atoms with Gasteiger partial charge in [0.2, 0.25) is 0 Å². The maximum atomic E-state index is 6.34. The number of hydrogen-bond donors (Lipinski definition) is 1. The maximum Gasteiger partial charge on any atom is 0.0590 e. The summed E-state index contributed by atoms with van der Waals surface area (Å²) in [6.07, 6.45) is 2.40. The Balaban J connectivity index is 2.80. The summed E-state index contributed by atoms with van der Waals surface area (Å²) in [5, 5.41) is 6.65. The van der Waals surface area contributed by atoms with Crippen molar-refractivity contribution in [2.24, 2.45) is 5.92 Å². The van der Waals surface area contributed by atoms with Gasteiger partial charge in [-0.25, -0.2) is 0 Å². The first-order chi connectivity index (χ1) is 7.60. The van der Waals surface area contributed by atoms with Gasteiger partial charge in [0.15, 0.2) is 0 Å². The molecule has 0 aromatic carbocycles. The van der Waals surface area contributed by atoms with Gasteiger partial charge in [-0.2, -0.15) is 0 Å². The largest absolute Gasteiger partial charge is 0.309 e. The summed E-state index contributed by atoms with van der Waals surface area (Å²) in [5.41, 5.74) is 1.20. The van der Waals surface area contributed by atoms with E-state index in [1.54, 1.807) is 11.3 Å². The molecule has 0 saturated carbocycles. The molecule has 1 aromatic heterocycles. The minimum absolute atomic E-state index is 0.422. The molecule has 2 unspecified atom stereocenters. The van der Waals surface area contributed by atoms with E-state index in [0.717, 1.165) is 17.5 Å². The van der Waals surface area contributed by atoms with Crippen LogP contribution in [0.5, 0.6) is 0 Å². The Labute approximate surface area is 108 Å². The Morgan fingerprint density at radius 2 is 2.12 bits per heavy atom. The van der Waals surface area contributed by atoms with E-state index in [-0.39, 0.29) is 0 Å². The highest BCUT2D eigenvalue weighted by atomic mass is 35.5. The molecule has 0 radical (unpaired) electrons.